The Kier molecular flexibility index (Phi) is 6.28. The molecule has 0 aromatic carbocycles. The summed E-state index contributed by atoms with van der Waals surface area (Å²) in [4.78, 5) is 24.9. The van der Waals surface area contributed by atoms with Crippen molar-refractivity contribution in [1.29, 1.82) is 0 Å². The van der Waals surface area contributed by atoms with Crippen molar-refractivity contribution in [3.05, 3.63) is 0 Å². The molecule has 0 aromatic rings. The van der Waals surface area contributed by atoms with Crippen molar-refractivity contribution >= 4 is 11.9 Å². The number of carbonyl (C=O) groups excluding carboxylic acids is 1. The lowest BCUT2D eigenvalue weighted by Crippen LogP contribution is -2.52. The van der Waals surface area contributed by atoms with Gasteiger partial charge in [0, 0.05) is 12.1 Å². The van der Waals surface area contributed by atoms with E-state index in [0.29, 0.717) is 0 Å². The zero-order valence-electron chi connectivity index (χ0n) is 12.2. The molecule has 1 aliphatic carbocycles. The number of aliphatic carboxylic acids is 1. The molecule has 0 aliphatic heterocycles. The highest BCUT2D eigenvalue weighted by Crippen LogP contribution is 2.18. The predicted octanol–water partition coefficient (Wildman–Crippen LogP) is 1.62. The van der Waals surface area contributed by atoms with E-state index in [1.165, 1.54) is 12.8 Å². The number of carboxylic acids is 1. The fraction of sp³-hybridized carbons (Fsp3) is 0.857. The summed E-state index contributed by atoms with van der Waals surface area (Å²) >= 11 is 0. The fourth-order valence-electron chi connectivity index (χ4n) is 2.61. The molecule has 2 N–H and O–H groups in total. The van der Waals surface area contributed by atoms with Gasteiger partial charge >= 0.3 is 5.97 Å². The number of nitrogens with zero attached hydrogens (tertiary/aromatic N) is 1. The Morgan fingerprint density at radius 3 is 2.37 bits per heavy atom. The minimum atomic E-state index is -0.888. The van der Waals surface area contributed by atoms with Crippen molar-refractivity contribution in [1.82, 2.24) is 10.2 Å². The third kappa shape index (κ3) is 4.82. The Morgan fingerprint density at radius 1 is 1.32 bits per heavy atom. The van der Waals surface area contributed by atoms with Crippen LogP contribution in [-0.2, 0) is 9.59 Å². The number of hydrogen-bond donors (Lipinski definition) is 2. The van der Waals surface area contributed by atoms with Crippen LogP contribution in [-0.4, -0.2) is 46.6 Å². The molecular formula is C14H26N2O3. The molecule has 0 aromatic heterocycles. The molecule has 0 radical (unpaired) electrons. The molecule has 0 heterocycles. The molecule has 0 saturated heterocycles. The Hall–Kier alpha value is -1.10. The van der Waals surface area contributed by atoms with Crippen molar-refractivity contribution in [2.45, 2.75) is 71.0 Å². The van der Waals surface area contributed by atoms with Crippen LogP contribution in [0.15, 0.2) is 0 Å². The number of nitrogens with one attached hydrogen (secondary N) is 1. The molecule has 2 unspecified atom stereocenters. The minimum Gasteiger partial charge on any atom is -0.480 e. The molecule has 1 saturated carbocycles. The van der Waals surface area contributed by atoms with Crippen LogP contribution < -0.4 is 5.32 Å². The normalized spacial score (nSPS) is 19.4. The maximum atomic E-state index is 12.2. The third-order valence-electron chi connectivity index (χ3n) is 4.05. The van der Waals surface area contributed by atoms with Crippen molar-refractivity contribution < 1.29 is 14.7 Å². The Labute approximate surface area is 115 Å². The van der Waals surface area contributed by atoms with Crippen molar-refractivity contribution in [2.75, 3.05) is 6.54 Å². The molecule has 1 amide bonds. The number of rotatable bonds is 7. The SMILES string of the molecule is CCC(C)N(CC(=O)O)C(C)C(=O)NC1CCCC1. The molecule has 0 bridgehead atoms. The summed E-state index contributed by atoms with van der Waals surface area (Å²) in [6.07, 6.45) is 5.25. The van der Waals surface area contributed by atoms with E-state index >= 15 is 0 Å². The minimum absolute atomic E-state index is 0.0477. The van der Waals surface area contributed by atoms with Crippen LogP contribution in [0.4, 0.5) is 0 Å². The van der Waals surface area contributed by atoms with Gasteiger partial charge in [-0.15, -0.1) is 0 Å². The van der Waals surface area contributed by atoms with Gasteiger partial charge < -0.3 is 10.4 Å². The quantitative estimate of drug-likeness (QED) is 0.737. The summed E-state index contributed by atoms with van der Waals surface area (Å²) in [6, 6.07) is -0.0364. The van der Waals surface area contributed by atoms with E-state index in [9.17, 15) is 9.59 Å². The maximum Gasteiger partial charge on any atom is 0.317 e. The first-order valence-electron chi connectivity index (χ1n) is 7.23. The third-order valence-corrected chi connectivity index (χ3v) is 4.05. The Bertz CT molecular complexity index is 314. The molecule has 110 valence electrons. The Balaban J connectivity index is 2.60. The molecule has 5 nitrogen and oxygen atoms in total. The lowest BCUT2D eigenvalue weighted by Gasteiger charge is -2.32. The smallest absolute Gasteiger partial charge is 0.317 e. The van der Waals surface area contributed by atoms with Gasteiger partial charge in [0.1, 0.15) is 0 Å². The van der Waals surface area contributed by atoms with Crippen LogP contribution >= 0.6 is 0 Å². The topological polar surface area (TPSA) is 69.6 Å². The second-order valence-electron chi connectivity index (χ2n) is 5.49. The van der Waals surface area contributed by atoms with Crippen LogP contribution in [0.2, 0.25) is 0 Å². The summed E-state index contributed by atoms with van der Waals surface area (Å²) < 4.78 is 0. The van der Waals surface area contributed by atoms with Crippen LogP contribution in [0.1, 0.15) is 52.9 Å². The zero-order valence-corrected chi connectivity index (χ0v) is 12.2. The average Bonchev–Trinajstić information content (AvgIpc) is 2.86. The van der Waals surface area contributed by atoms with Crippen LogP contribution in [0.25, 0.3) is 0 Å². The van der Waals surface area contributed by atoms with E-state index in [1.807, 2.05) is 13.8 Å². The highest BCUT2D eigenvalue weighted by atomic mass is 16.4. The summed E-state index contributed by atoms with van der Waals surface area (Å²) in [5.41, 5.74) is 0. The van der Waals surface area contributed by atoms with Gasteiger partial charge in [0.05, 0.1) is 12.6 Å². The van der Waals surface area contributed by atoms with Gasteiger partial charge in [-0.25, -0.2) is 0 Å². The molecule has 1 aliphatic rings. The first kappa shape index (κ1) is 16.0. The second-order valence-corrected chi connectivity index (χ2v) is 5.49. The highest BCUT2D eigenvalue weighted by molar-refractivity contribution is 5.82. The first-order chi connectivity index (χ1) is 8.95. The van der Waals surface area contributed by atoms with Gasteiger partial charge in [-0.05, 0) is 33.1 Å². The van der Waals surface area contributed by atoms with E-state index in [4.69, 9.17) is 5.11 Å². The largest absolute Gasteiger partial charge is 0.480 e. The van der Waals surface area contributed by atoms with Crippen molar-refractivity contribution in [3.8, 4) is 0 Å². The number of hydrogen-bond acceptors (Lipinski definition) is 3. The summed E-state index contributed by atoms with van der Waals surface area (Å²) in [5, 5.41) is 12.0. The number of carboxylic acid groups (broad SMARTS) is 1. The van der Waals surface area contributed by atoms with Crippen LogP contribution in [0, 0.1) is 0 Å². The number of carbonyl (C=O) groups is 2. The highest BCUT2D eigenvalue weighted by Gasteiger charge is 2.28. The molecule has 5 heteroatoms. The molecular weight excluding hydrogens is 244 g/mol. The standard InChI is InChI=1S/C14H26N2O3/c1-4-10(2)16(9-13(17)18)11(3)14(19)15-12-7-5-6-8-12/h10-12H,4-9H2,1-3H3,(H,15,19)(H,17,18). The van der Waals surface area contributed by atoms with Gasteiger partial charge in [0.25, 0.3) is 0 Å². The van der Waals surface area contributed by atoms with E-state index in [1.54, 1.807) is 11.8 Å². The van der Waals surface area contributed by atoms with Gasteiger partial charge in [0.15, 0.2) is 0 Å². The van der Waals surface area contributed by atoms with Crippen molar-refractivity contribution in [3.63, 3.8) is 0 Å². The lowest BCUT2D eigenvalue weighted by molar-refractivity contribution is -0.141. The molecule has 1 rings (SSSR count). The van der Waals surface area contributed by atoms with Gasteiger partial charge in [-0.1, -0.05) is 19.8 Å². The maximum absolute atomic E-state index is 12.2. The van der Waals surface area contributed by atoms with Crippen LogP contribution in [0.5, 0.6) is 0 Å². The summed E-state index contributed by atoms with van der Waals surface area (Å²) in [5.74, 6) is -0.936. The zero-order chi connectivity index (χ0) is 14.4. The Morgan fingerprint density at radius 2 is 1.89 bits per heavy atom. The van der Waals surface area contributed by atoms with E-state index < -0.39 is 12.0 Å². The fourth-order valence-corrected chi connectivity index (χ4v) is 2.61. The van der Waals surface area contributed by atoms with E-state index in [0.717, 1.165) is 19.3 Å². The van der Waals surface area contributed by atoms with Gasteiger partial charge in [-0.3, -0.25) is 14.5 Å². The molecule has 1 fully saturated rings. The van der Waals surface area contributed by atoms with E-state index in [-0.39, 0.29) is 24.5 Å². The average molecular weight is 270 g/mol. The van der Waals surface area contributed by atoms with Gasteiger partial charge in [0.2, 0.25) is 5.91 Å². The molecule has 19 heavy (non-hydrogen) atoms. The lowest BCUT2D eigenvalue weighted by atomic mass is 10.1. The second kappa shape index (κ2) is 7.48. The van der Waals surface area contributed by atoms with E-state index in [2.05, 4.69) is 5.32 Å². The first-order valence-corrected chi connectivity index (χ1v) is 7.23. The monoisotopic (exact) mass is 270 g/mol. The van der Waals surface area contributed by atoms with Crippen molar-refractivity contribution in [2.24, 2.45) is 0 Å². The predicted molar refractivity (Wildman–Crippen MR) is 74.0 cm³/mol. The number of amides is 1. The molecule has 2 atom stereocenters. The van der Waals surface area contributed by atoms with Gasteiger partial charge in [-0.2, -0.15) is 0 Å². The summed E-state index contributed by atoms with van der Waals surface area (Å²) in [7, 11) is 0. The molecule has 0 spiro atoms. The summed E-state index contributed by atoms with van der Waals surface area (Å²) in [6.45, 7) is 5.66. The van der Waals surface area contributed by atoms with Crippen LogP contribution in [0.3, 0.4) is 0 Å².